The van der Waals surface area contributed by atoms with Crippen molar-refractivity contribution in [3.8, 4) is 0 Å². The highest BCUT2D eigenvalue weighted by Gasteiger charge is 2.37. The first-order valence-electron chi connectivity index (χ1n) is 7.76. The van der Waals surface area contributed by atoms with E-state index in [0.29, 0.717) is 28.6 Å². The monoisotopic (exact) mass is 348 g/mol. The van der Waals surface area contributed by atoms with Gasteiger partial charge in [-0.05, 0) is 12.1 Å². The molecule has 0 saturated carbocycles. The molecule has 2 aliphatic heterocycles. The summed E-state index contributed by atoms with van der Waals surface area (Å²) < 4.78 is 37.0. The zero-order valence-electron chi connectivity index (χ0n) is 12.4. The molecular formula is C15H22ClFN2O2S+2. The van der Waals surface area contributed by atoms with E-state index in [1.54, 1.807) is 12.1 Å². The second-order valence-corrected chi connectivity index (χ2v) is 9.02. The van der Waals surface area contributed by atoms with E-state index in [1.165, 1.54) is 15.9 Å². The molecule has 122 valence electrons. The Balaban J connectivity index is 1.56. The van der Waals surface area contributed by atoms with Crippen LogP contribution in [0.4, 0.5) is 4.39 Å². The molecule has 0 bridgehead atoms. The van der Waals surface area contributed by atoms with Gasteiger partial charge in [0, 0.05) is 6.42 Å². The number of hydrogen-bond acceptors (Lipinski definition) is 2. The van der Waals surface area contributed by atoms with Crippen molar-refractivity contribution in [3.05, 3.63) is 34.6 Å². The van der Waals surface area contributed by atoms with E-state index in [1.807, 2.05) is 0 Å². The standard InChI is InChI=1S/C15H20ClFN2O2S/c16-14-2-1-3-15(17)13(14)10-18-5-7-19(8-6-18)12-4-9-22(20,21)11-12/h1-3,12H,4-11H2/p+2/t12-/m1/s1. The van der Waals surface area contributed by atoms with E-state index in [2.05, 4.69) is 0 Å². The molecule has 3 rings (SSSR count). The number of quaternary nitrogens is 2. The summed E-state index contributed by atoms with van der Waals surface area (Å²) in [5, 5.41) is 0.490. The summed E-state index contributed by atoms with van der Waals surface area (Å²) >= 11 is 6.09. The quantitative estimate of drug-likeness (QED) is 0.732. The van der Waals surface area contributed by atoms with Crippen LogP contribution in [0.5, 0.6) is 0 Å². The van der Waals surface area contributed by atoms with Crippen molar-refractivity contribution in [2.75, 3.05) is 37.7 Å². The van der Waals surface area contributed by atoms with Crippen LogP contribution in [0, 0.1) is 5.82 Å². The highest BCUT2D eigenvalue weighted by Crippen LogP contribution is 2.17. The van der Waals surface area contributed by atoms with Crippen molar-refractivity contribution in [3.63, 3.8) is 0 Å². The van der Waals surface area contributed by atoms with Gasteiger partial charge in [0.1, 0.15) is 50.3 Å². The first kappa shape index (κ1) is 16.2. The molecule has 2 aliphatic rings. The second-order valence-electron chi connectivity index (χ2n) is 6.39. The fraction of sp³-hybridized carbons (Fsp3) is 0.600. The Morgan fingerprint density at radius 1 is 1.23 bits per heavy atom. The van der Waals surface area contributed by atoms with Crippen molar-refractivity contribution < 1.29 is 22.6 Å². The molecule has 0 aromatic heterocycles. The molecule has 0 spiro atoms. The summed E-state index contributed by atoms with van der Waals surface area (Å²) in [5.41, 5.74) is 0.589. The molecule has 0 radical (unpaired) electrons. The van der Waals surface area contributed by atoms with Gasteiger partial charge >= 0.3 is 0 Å². The molecule has 0 aliphatic carbocycles. The molecule has 0 amide bonds. The molecule has 2 fully saturated rings. The third kappa shape index (κ3) is 3.62. The highest BCUT2D eigenvalue weighted by atomic mass is 35.5. The molecule has 1 atom stereocenters. The molecule has 2 N–H and O–H groups in total. The Labute approximate surface area is 135 Å². The van der Waals surface area contributed by atoms with Crippen LogP contribution in [-0.2, 0) is 16.4 Å². The highest BCUT2D eigenvalue weighted by molar-refractivity contribution is 7.91. The summed E-state index contributed by atoms with van der Waals surface area (Å²) in [4.78, 5) is 2.71. The second kappa shape index (κ2) is 6.43. The van der Waals surface area contributed by atoms with Crippen LogP contribution in [0.1, 0.15) is 12.0 Å². The zero-order chi connectivity index (χ0) is 15.7. The van der Waals surface area contributed by atoms with Gasteiger partial charge in [-0.3, -0.25) is 0 Å². The Morgan fingerprint density at radius 3 is 2.55 bits per heavy atom. The largest absolute Gasteiger partial charge is 0.322 e. The summed E-state index contributed by atoms with van der Waals surface area (Å²) in [5.74, 6) is 0.427. The first-order chi connectivity index (χ1) is 10.4. The molecule has 2 saturated heterocycles. The van der Waals surface area contributed by atoms with Crippen molar-refractivity contribution in [2.45, 2.75) is 19.0 Å². The van der Waals surface area contributed by atoms with Crippen LogP contribution in [0.3, 0.4) is 0 Å². The molecule has 1 aromatic carbocycles. The van der Waals surface area contributed by atoms with Crippen LogP contribution in [0.25, 0.3) is 0 Å². The Bertz CT molecular complexity index is 625. The maximum absolute atomic E-state index is 13.8. The normalized spacial score (nSPS) is 31.3. The average molecular weight is 349 g/mol. The zero-order valence-corrected chi connectivity index (χ0v) is 14.0. The van der Waals surface area contributed by atoms with Crippen molar-refractivity contribution >= 4 is 21.4 Å². The van der Waals surface area contributed by atoms with Crippen LogP contribution in [0.2, 0.25) is 5.02 Å². The van der Waals surface area contributed by atoms with Crippen LogP contribution in [-0.4, -0.2) is 52.1 Å². The number of nitrogens with one attached hydrogen (secondary N) is 2. The predicted octanol–water partition coefficient (Wildman–Crippen LogP) is -1.05. The first-order valence-corrected chi connectivity index (χ1v) is 9.96. The van der Waals surface area contributed by atoms with E-state index in [9.17, 15) is 12.8 Å². The summed E-state index contributed by atoms with van der Waals surface area (Å²) in [6, 6.07) is 5.05. The van der Waals surface area contributed by atoms with E-state index in [4.69, 9.17) is 11.6 Å². The lowest BCUT2D eigenvalue weighted by atomic mass is 10.1. The number of rotatable bonds is 3. The van der Waals surface area contributed by atoms with Gasteiger partial charge in [-0.2, -0.15) is 0 Å². The number of hydrogen-bond donors (Lipinski definition) is 2. The maximum Gasteiger partial charge on any atom is 0.156 e. The molecule has 22 heavy (non-hydrogen) atoms. The molecule has 1 aromatic rings. The third-order valence-corrected chi connectivity index (χ3v) is 7.02. The topological polar surface area (TPSA) is 43.0 Å². The Hall–Kier alpha value is -0.690. The lowest BCUT2D eigenvalue weighted by Gasteiger charge is -2.32. The van der Waals surface area contributed by atoms with E-state index in [-0.39, 0.29) is 11.9 Å². The van der Waals surface area contributed by atoms with Crippen molar-refractivity contribution in [1.29, 1.82) is 0 Å². The molecule has 4 nitrogen and oxygen atoms in total. The van der Waals surface area contributed by atoms with E-state index >= 15 is 0 Å². The van der Waals surface area contributed by atoms with E-state index in [0.717, 1.165) is 32.6 Å². The minimum absolute atomic E-state index is 0.239. The third-order valence-electron chi connectivity index (χ3n) is 4.90. The van der Waals surface area contributed by atoms with Gasteiger partial charge in [0.2, 0.25) is 0 Å². The van der Waals surface area contributed by atoms with Crippen LogP contribution < -0.4 is 9.80 Å². The fourth-order valence-electron chi connectivity index (χ4n) is 3.58. The Morgan fingerprint density at radius 2 is 1.95 bits per heavy atom. The predicted molar refractivity (Wildman–Crippen MR) is 83.6 cm³/mol. The lowest BCUT2D eigenvalue weighted by molar-refractivity contribution is -1.03. The van der Waals surface area contributed by atoms with E-state index < -0.39 is 9.84 Å². The average Bonchev–Trinajstić information content (AvgIpc) is 2.84. The number of benzene rings is 1. The van der Waals surface area contributed by atoms with Gasteiger partial charge in [-0.25, -0.2) is 12.8 Å². The van der Waals surface area contributed by atoms with Gasteiger partial charge in [0.25, 0.3) is 0 Å². The lowest BCUT2D eigenvalue weighted by Crippen LogP contribution is -3.29. The summed E-state index contributed by atoms with van der Waals surface area (Å²) in [6.45, 7) is 4.35. The SMILES string of the molecule is O=S1(=O)CC[C@@H]([NH+]2CC[NH+](Cc3c(F)cccc3Cl)CC2)C1. The van der Waals surface area contributed by atoms with Gasteiger partial charge in [0.05, 0.1) is 16.3 Å². The minimum Gasteiger partial charge on any atom is -0.322 e. The summed E-state index contributed by atoms with van der Waals surface area (Å²) in [6.07, 6.45) is 0.784. The van der Waals surface area contributed by atoms with Crippen molar-refractivity contribution in [2.24, 2.45) is 0 Å². The molecule has 7 heteroatoms. The number of halogens is 2. The van der Waals surface area contributed by atoms with Crippen molar-refractivity contribution in [1.82, 2.24) is 0 Å². The van der Waals surface area contributed by atoms with Gasteiger partial charge < -0.3 is 9.80 Å². The molecule has 2 heterocycles. The smallest absolute Gasteiger partial charge is 0.156 e. The van der Waals surface area contributed by atoms with Crippen LogP contribution in [0.15, 0.2) is 18.2 Å². The van der Waals surface area contributed by atoms with Gasteiger partial charge in [-0.1, -0.05) is 17.7 Å². The number of sulfone groups is 1. The summed E-state index contributed by atoms with van der Waals surface area (Å²) in [7, 11) is -2.81. The molecule has 0 unspecified atom stereocenters. The minimum atomic E-state index is -2.81. The maximum atomic E-state index is 13.8. The number of piperazine rings is 1. The fourth-order valence-corrected chi connectivity index (χ4v) is 5.63. The van der Waals surface area contributed by atoms with Gasteiger partial charge in [0.15, 0.2) is 9.84 Å². The molecular weight excluding hydrogens is 327 g/mol. The van der Waals surface area contributed by atoms with Gasteiger partial charge in [-0.15, -0.1) is 0 Å². The van der Waals surface area contributed by atoms with Crippen LogP contribution >= 0.6 is 11.6 Å². The Kier molecular flexibility index (Phi) is 4.73.